The maximum absolute atomic E-state index is 12.6. The molecule has 0 aromatic heterocycles. The maximum atomic E-state index is 12.6. The molecule has 0 unspecified atom stereocenters. The van der Waals surface area contributed by atoms with Gasteiger partial charge in [0.25, 0.3) is 0 Å². The predicted octanol–water partition coefficient (Wildman–Crippen LogP) is 3.46. The van der Waals surface area contributed by atoms with Gasteiger partial charge in [0.15, 0.2) is 0 Å². The fourth-order valence-corrected chi connectivity index (χ4v) is 3.65. The molecule has 1 heterocycles. The summed E-state index contributed by atoms with van der Waals surface area (Å²) in [5.74, 6) is 0.317. The number of carbonyl (C=O) groups is 1. The summed E-state index contributed by atoms with van der Waals surface area (Å²) in [6, 6.07) is 6.50. The Balaban J connectivity index is 1.83. The molecule has 1 aromatic rings. The SMILES string of the molecule is CCCN(CCC)CCC(=O)N1CCN(c2cccc(C)c2C)CC1. The van der Waals surface area contributed by atoms with E-state index >= 15 is 0 Å². The van der Waals surface area contributed by atoms with Crippen molar-refractivity contribution in [3.63, 3.8) is 0 Å². The molecule has 1 aromatic carbocycles. The third-order valence-corrected chi connectivity index (χ3v) is 5.27. The third-order valence-electron chi connectivity index (χ3n) is 5.27. The summed E-state index contributed by atoms with van der Waals surface area (Å²) < 4.78 is 0. The first kappa shape index (κ1) is 19.8. The molecular weight excluding hydrogens is 310 g/mol. The lowest BCUT2D eigenvalue weighted by Gasteiger charge is -2.37. The first-order valence-electron chi connectivity index (χ1n) is 9.88. The van der Waals surface area contributed by atoms with E-state index < -0.39 is 0 Å². The minimum atomic E-state index is 0.317. The Hall–Kier alpha value is -1.55. The summed E-state index contributed by atoms with van der Waals surface area (Å²) in [4.78, 5) is 19.5. The van der Waals surface area contributed by atoms with Crippen molar-refractivity contribution in [3.8, 4) is 0 Å². The number of anilines is 1. The largest absolute Gasteiger partial charge is 0.368 e. The van der Waals surface area contributed by atoms with Crippen molar-refractivity contribution in [2.24, 2.45) is 0 Å². The first-order valence-corrected chi connectivity index (χ1v) is 9.88. The van der Waals surface area contributed by atoms with Gasteiger partial charge in [-0.2, -0.15) is 0 Å². The van der Waals surface area contributed by atoms with Crippen molar-refractivity contribution in [1.82, 2.24) is 9.80 Å². The molecule has 1 saturated heterocycles. The summed E-state index contributed by atoms with van der Waals surface area (Å²) >= 11 is 0. The number of nitrogens with zero attached hydrogens (tertiary/aromatic N) is 3. The van der Waals surface area contributed by atoms with Crippen LogP contribution >= 0.6 is 0 Å². The second-order valence-electron chi connectivity index (χ2n) is 7.18. The normalized spacial score (nSPS) is 15.1. The molecule has 1 aliphatic heterocycles. The Morgan fingerprint density at radius 1 is 1.00 bits per heavy atom. The smallest absolute Gasteiger partial charge is 0.223 e. The summed E-state index contributed by atoms with van der Waals surface area (Å²) in [5, 5.41) is 0. The van der Waals surface area contributed by atoms with Crippen molar-refractivity contribution in [3.05, 3.63) is 29.3 Å². The van der Waals surface area contributed by atoms with Crippen LogP contribution in [0, 0.1) is 13.8 Å². The summed E-state index contributed by atoms with van der Waals surface area (Å²) in [5.41, 5.74) is 4.02. The van der Waals surface area contributed by atoms with E-state index in [1.807, 2.05) is 0 Å². The Labute approximate surface area is 153 Å². The average molecular weight is 346 g/mol. The van der Waals surface area contributed by atoms with Crippen molar-refractivity contribution in [1.29, 1.82) is 0 Å². The van der Waals surface area contributed by atoms with Gasteiger partial charge in [0.05, 0.1) is 0 Å². The van der Waals surface area contributed by atoms with Crippen LogP contribution < -0.4 is 4.90 Å². The van der Waals surface area contributed by atoms with Gasteiger partial charge in [-0.15, -0.1) is 0 Å². The number of carbonyl (C=O) groups excluding carboxylic acids is 1. The number of hydrogen-bond acceptors (Lipinski definition) is 3. The average Bonchev–Trinajstić information content (AvgIpc) is 2.62. The topological polar surface area (TPSA) is 26.8 Å². The van der Waals surface area contributed by atoms with Crippen LogP contribution in [0.2, 0.25) is 0 Å². The standard InChI is InChI=1S/C21H35N3O/c1-5-11-22(12-6-2)13-10-21(25)24-16-14-23(15-17-24)20-9-7-8-18(3)19(20)4/h7-9H,5-6,10-17H2,1-4H3. The zero-order valence-corrected chi connectivity index (χ0v) is 16.6. The number of hydrogen-bond donors (Lipinski definition) is 0. The molecule has 1 fully saturated rings. The molecule has 1 amide bonds. The fourth-order valence-electron chi connectivity index (χ4n) is 3.65. The predicted molar refractivity (Wildman–Crippen MR) is 106 cm³/mol. The fraction of sp³-hybridized carbons (Fsp3) is 0.667. The molecule has 0 N–H and O–H groups in total. The van der Waals surface area contributed by atoms with E-state index in [2.05, 4.69) is 60.6 Å². The van der Waals surface area contributed by atoms with Gasteiger partial charge in [0.1, 0.15) is 0 Å². The van der Waals surface area contributed by atoms with Crippen LogP contribution in [0.15, 0.2) is 18.2 Å². The quantitative estimate of drug-likeness (QED) is 0.722. The van der Waals surface area contributed by atoms with Gasteiger partial charge < -0.3 is 14.7 Å². The van der Waals surface area contributed by atoms with E-state index in [4.69, 9.17) is 0 Å². The summed E-state index contributed by atoms with van der Waals surface area (Å²) in [6.45, 7) is 15.4. The van der Waals surface area contributed by atoms with Gasteiger partial charge in [0.2, 0.25) is 5.91 Å². The third kappa shape index (κ3) is 5.46. The van der Waals surface area contributed by atoms with Crippen molar-refractivity contribution in [2.75, 3.05) is 50.7 Å². The lowest BCUT2D eigenvalue weighted by molar-refractivity contribution is -0.131. The van der Waals surface area contributed by atoms with E-state index in [1.165, 1.54) is 16.8 Å². The molecule has 2 rings (SSSR count). The van der Waals surface area contributed by atoms with Crippen LogP contribution in [0.4, 0.5) is 5.69 Å². The molecule has 0 spiro atoms. The van der Waals surface area contributed by atoms with Crippen molar-refractivity contribution < 1.29 is 4.79 Å². The van der Waals surface area contributed by atoms with E-state index in [-0.39, 0.29) is 0 Å². The summed E-state index contributed by atoms with van der Waals surface area (Å²) in [7, 11) is 0. The molecule has 140 valence electrons. The second-order valence-corrected chi connectivity index (χ2v) is 7.18. The van der Waals surface area contributed by atoms with Crippen LogP contribution in [-0.2, 0) is 4.79 Å². The van der Waals surface area contributed by atoms with Crippen LogP contribution in [0.1, 0.15) is 44.2 Å². The zero-order valence-electron chi connectivity index (χ0n) is 16.6. The molecule has 0 radical (unpaired) electrons. The highest BCUT2D eigenvalue weighted by molar-refractivity contribution is 5.76. The van der Waals surface area contributed by atoms with E-state index in [1.54, 1.807) is 0 Å². The zero-order chi connectivity index (χ0) is 18.2. The van der Waals surface area contributed by atoms with Gasteiger partial charge in [0, 0.05) is 44.8 Å². The van der Waals surface area contributed by atoms with Gasteiger partial charge in [-0.25, -0.2) is 0 Å². The minimum Gasteiger partial charge on any atom is -0.368 e. The van der Waals surface area contributed by atoms with Gasteiger partial charge >= 0.3 is 0 Å². The maximum Gasteiger partial charge on any atom is 0.223 e. The number of aryl methyl sites for hydroxylation is 1. The van der Waals surface area contributed by atoms with Crippen molar-refractivity contribution in [2.45, 2.75) is 47.0 Å². The highest BCUT2D eigenvalue weighted by atomic mass is 16.2. The lowest BCUT2D eigenvalue weighted by atomic mass is 10.1. The highest BCUT2D eigenvalue weighted by Gasteiger charge is 2.22. The minimum absolute atomic E-state index is 0.317. The van der Waals surface area contributed by atoms with Crippen LogP contribution in [-0.4, -0.2) is 61.5 Å². The summed E-state index contributed by atoms with van der Waals surface area (Å²) in [6.07, 6.45) is 2.97. The lowest BCUT2D eigenvalue weighted by Crippen LogP contribution is -2.49. The number of benzene rings is 1. The van der Waals surface area contributed by atoms with E-state index in [0.29, 0.717) is 12.3 Å². The van der Waals surface area contributed by atoms with Crippen LogP contribution in [0.5, 0.6) is 0 Å². The highest BCUT2D eigenvalue weighted by Crippen LogP contribution is 2.24. The molecular formula is C21H35N3O. The molecule has 0 bridgehead atoms. The van der Waals surface area contributed by atoms with Crippen LogP contribution in [0.25, 0.3) is 0 Å². The molecule has 1 aliphatic rings. The Kier molecular flexibility index (Phi) is 7.76. The van der Waals surface area contributed by atoms with E-state index in [0.717, 1.165) is 58.7 Å². The molecule has 25 heavy (non-hydrogen) atoms. The van der Waals surface area contributed by atoms with Gasteiger partial charge in [-0.3, -0.25) is 4.79 Å². The van der Waals surface area contributed by atoms with E-state index in [9.17, 15) is 4.79 Å². The number of rotatable bonds is 8. The Bertz CT molecular complexity index is 544. The van der Waals surface area contributed by atoms with Gasteiger partial charge in [-0.05, 0) is 57.0 Å². The molecule has 4 nitrogen and oxygen atoms in total. The molecule has 4 heteroatoms. The van der Waals surface area contributed by atoms with Gasteiger partial charge in [-0.1, -0.05) is 26.0 Å². The monoisotopic (exact) mass is 345 g/mol. The molecule has 0 saturated carbocycles. The molecule has 0 aliphatic carbocycles. The Morgan fingerprint density at radius 3 is 2.24 bits per heavy atom. The molecule has 0 atom stereocenters. The second kappa shape index (κ2) is 9.81. The van der Waals surface area contributed by atoms with Crippen molar-refractivity contribution >= 4 is 11.6 Å². The number of amides is 1. The number of piperazine rings is 1. The van der Waals surface area contributed by atoms with Crippen LogP contribution in [0.3, 0.4) is 0 Å². The first-order chi connectivity index (χ1) is 12.1. The Morgan fingerprint density at radius 2 is 1.64 bits per heavy atom.